The van der Waals surface area contributed by atoms with Gasteiger partial charge in [0.05, 0.1) is 5.56 Å². The summed E-state index contributed by atoms with van der Waals surface area (Å²) in [5.74, 6) is -0.919. The van der Waals surface area contributed by atoms with E-state index in [1.165, 1.54) is 54.5 Å². The van der Waals surface area contributed by atoms with Gasteiger partial charge in [-0.1, -0.05) is 0 Å². The molecule has 0 spiro atoms. The summed E-state index contributed by atoms with van der Waals surface area (Å²) < 4.78 is 3.98. The molecular formula is C27H26NO2Sn. The fourth-order valence-corrected chi connectivity index (χ4v) is 11.4. The monoisotopic (exact) mass is 516 g/mol. The number of carbonyl (C=O) groups is 1. The van der Waals surface area contributed by atoms with E-state index in [0.717, 1.165) is 0 Å². The quantitative estimate of drug-likeness (QED) is 0.326. The van der Waals surface area contributed by atoms with Crippen LogP contribution in [0.15, 0.2) is 116 Å². The van der Waals surface area contributed by atoms with Crippen LogP contribution in [-0.2, 0) is 13.3 Å². The molecule has 0 unspecified atom stereocenters. The Bertz CT molecular complexity index is 927. The van der Waals surface area contributed by atoms with Gasteiger partial charge in [0.1, 0.15) is 0 Å². The topological polar surface area (TPSA) is 50.2 Å². The van der Waals surface area contributed by atoms with E-state index in [1.54, 1.807) is 0 Å². The van der Waals surface area contributed by atoms with Gasteiger partial charge < -0.3 is 5.11 Å². The van der Waals surface area contributed by atoms with Crippen LogP contribution in [-0.4, -0.2) is 35.8 Å². The van der Waals surface area contributed by atoms with Crippen LogP contribution in [0.4, 0.5) is 0 Å². The predicted octanol–water partition coefficient (Wildman–Crippen LogP) is 5.61. The van der Waals surface area contributed by atoms with Crippen molar-refractivity contribution in [2.45, 2.75) is 13.3 Å². The fourth-order valence-electron chi connectivity index (χ4n) is 3.34. The zero-order valence-electron chi connectivity index (χ0n) is 17.4. The third kappa shape index (κ3) is 8.38. The average molecular weight is 515 g/mol. The van der Waals surface area contributed by atoms with Crippen molar-refractivity contribution in [3.05, 3.63) is 138 Å². The number of carboxylic acids is 1. The van der Waals surface area contributed by atoms with Gasteiger partial charge in [0.15, 0.2) is 0 Å². The molecule has 155 valence electrons. The summed E-state index contributed by atoms with van der Waals surface area (Å²) in [6, 6.07) is 36.0. The number of hydrogen-bond donors (Lipinski definition) is 1. The molecule has 1 aromatic heterocycles. The number of aromatic nitrogens is 1. The number of hydrogen-bond acceptors (Lipinski definition) is 2. The van der Waals surface area contributed by atoms with Crippen molar-refractivity contribution in [1.29, 1.82) is 0 Å². The third-order valence-electron chi connectivity index (χ3n) is 4.82. The molecule has 0 bridgehead atoms. The molecule has 1 radical (unpaired) electrons. The van der Waals surface area contributed by atoms with Crippen LogP contribution in [0.1, 0.15) is 27.0 Å². The molecule has 0 aliphatic carbocycles. The first-order valence-corrected chi connectivity index (χ1v) is 16.3. The van der Waals surface area contributed by atoms with Crippen molar-refractivity contribution < 1.29 is 9.90 Å². The molecule has 4 rings (SSSR count). The number of aromatic carboxylic acids is 1. The summed E-state index contributed by atoms with van der Waals surface area (Å²) in [5, 5.41) is 8.36. The van der Waals surface area contributed by atoms with E-state index in [4.69, 9.17) is 5.11 Å². The van der Waals surface area contributed by atoms with E-state index in [2.05, 4.69) is 96.0 Å². The first kappa shape index (κ1) is 22.8. The van der Waals surface area contributed by atoms with Crippen LogP contribution in [0, 0.1) is 0 Å². The normalized spacial score (nSPS) is 10.2. The van der Waals surface area contributed by atoms with Gasteiger partial charge in [-0.15, -0.1) is 0 Å². The Kier molecular flexibility index (Phi) is 9.32. The van der Waals surface area contributed by atoms with Gasteiger partial charge in [-0.3, -0.25) is 4.98 Å². The summed E-state index contributed by atoms with van der Waals surface area (Å²) in [4.78, 5) is 13.8. The Balaban J connectivity index is 0.000000254. The minimum atomic E-state index is -1.56. The van der Waals surface area contributed by atoms with E-state index in [-0.39, 0.29) is 5.56 Å². The Morgan fingerprint density at radius 1 is 0.613 bits per heavy atom. The van der Waals surface area contributed by atoms with E-state index in [9.17, 15) is 4.79 Å². The first-order valence-electron chi connectivity index (χ1n) is 10.3. The molecule has 3 nitrogen and oxygen atoms in total. The predicted molar refractivity (Wildman–Crippen MR) is 127 cm³/mol. The summed E-state index contributed by atoms with van der Waals surface area (Å²) in [6.45, 7) is 0. The Hall–Kier alpha value is -2.92. The third-order valence-corrected chi connectivity index (χ3v) is 12.6. The van der Waals surface area contributed by atoms with Crippen LogP contribution in [0.3, 0.4) is 0 Å². The van der Waals surface area contributed by atoms with Crippen LogP contribution in [0.5, 0.6) is 0 Å². The standard InChI is InChI=1S/3C7H7.C6H5NO2.Sn/c3*1-7-5-3-2-4-6-7;8-6(9)5-1-3-7-4-2-5;/h3*2-6H,1H2;1-4H,(H,8,9);. The second kappa shape index (κ2) is 12.7. The van der Waals surface area contributed by atoms with E-state index >= 15 is 0 Å². The molecule has 0 amide bonds. The van der Waals surface area contributed by atoms with Crippen molar-refractivity contribution in [2.24, 2.45) is 0 Å². The molecule has 4 heteroatoms. The van der Waals surface area contributed by atoms with Crippen molar-refractivity contribution in [1.82, 2.24) is 4.98 Å². The molecule has 0 saturated carbocycles. The SMILES string of the molecule is O=C(O)c1ccncc1.c1ccc([CH2][Sn]([CH2]c2ccccc2)[CH2]c2ccccc2)cc1. The summed E-state index contributed by atoms with van der Waals surface area (Å²) in [6.07, 6.45) is 2.90. The number of nitrogens with zero attached hydrogens (tertiary/aromatic N) is 1. The Morgan fingerprint density at radius 2 is 0.968 bits per heavy atom. The summed E-state index contributed by atoms with van der Waals surface area (Å²) in [7, 11) is 0. The van der Waals surface area contributed by atoms with Gasteiger partial charge in [-0.25, -0.2) is 4.79 Å². The zero-order valence-corrected chi connectivity index (χ0v) is 20.2. The first-order chi connectivity index (χ1) is 15.2. The molecule has 0 aliphatic rings. The van der Waals surface area contributed by atoms with Gasteiger partial charge in [0, 0.05) is 12.4 Å². The van der Waals surface area contributed by atoms with Gasteiger partial charge in [-0.2, -0.15) is 0 Å². The number of rotatable bonds is 7. The molecule has 0 saturated heterocycles. The molecule has 1 heterocycles. The van der Waals surface area contributed by atoms with Crippen molar-refractivity contribution in [3.63, 3.8) is 0 Å². The fraction of sp³-hybridized carbons (Fsp3) is 0.111. The van der Waals surface area contributed by atoms with E-state index in [1.807, 2.05) is 0 Å². The molecule has 0 aliphatic heterocycles. The maximum atomic E-state index is 10.2. The van der Waals surface area contributed by atoms with Crippen LogP contribution < -0.4 is 0 Å². The minimum absolute atomic E-state index is 0.269. The van der Waals surface area contributed by atoms with Gasteiger partial charge >= 0.3 is 147 Å². The molecule has 0 atom stereocenters. The molecular weight excluding hydrogens is 489 g/mol. The number of benzene rings is 3. The molecule has 4 aromatic rings. The van der Waals surface area contributed by atoms with E-state index in [0.29, 0.717) is 0 Å². The van der Waals surface area contributed by atoms with Crippen LogP contribution in [0.2, 0.25) is 0 Å². The summed E-state index contributed by atoms with van der Waals surface area (Å²) >= 11 is -1.56. The van der Waals surface area contributed by atoms with E-state index < -0.39 is 25.7 Å². The zero-order chi connectivity index (χ0) is 21.7. The summed E-state index contributed by atoms with van der Waals surface area (Å²) in [5.41, 5.74) is 4.82. The number of pyridine rings is 1. The van der Waals surface area contributed by atoms with Gasteiger partial charge in [0.25, 0.3) is 0 Å². The Morgan fingerprint density at radius 3 is 1.26 bits per heavy atom. The second-order valence-corrected chi connectivity index (χ2v) is 14.6. The van der Waals surface area contributed by atoms with Crippen molar-refractivity contribution >= 4 is 25.7 Å². The van der Waals surface area contributed by atoms with Gasteiger partial charge in [0.2, 0.25) is 0 Å². The van der Waals surface area contributed by atoms with Crippen molar-refractivity contribution in [3.8, 4) is 0 Å². The van der Waals surface area contributed by atoms with Crippen LogP contribution >= 0.6 is 0 Å². The molecule has 1 N–H and O–H groups in total. The van der Waals surface area contributed by atoms with Crippen LogP contribution in [0.25, 0.3) is 0 Å². The Labute approximate surface area is 191 Å². The maximum absolute atomic E-state index is 10.2. The second-order valence-electron chi connectivity index (χ2n) is 7.28. The number of carboxylic acid groups (broad SMARTS) is 1. The molecule has 0 fully saturated rings. The average Bonchev–Trinajstić information content (AvgIpc) is 2.82. The van der Waals surface area contributed by atoms with Gasteiger partial charge in [-0.05, 0) is 12.1 Å². The molecule has 3 aromatic carbocycles. The van der Waals surface area contributed by atoms with Crippen molar-refractivity contribution in [2.75, 3.05) is 0 Å². The molecule has 31 heavy (non-hydrogen) atoms.